The maximum atomic E-state index is 13.4. The van der Waals surface area contributed by atoms with Gasteiger partial charge in [0.2, 0.25) is 0 Å². The number of hydrogen-bond donors (Lipinski definition) is 0. The molecule has 0 aliphatic heterocycles. The first-order valence-electron chi connectivity index (χ1n) is 5.19. The minimum Gasteiger partial charge on any atom is -0.494 e. The first-order chi connectivity index (χ1) is 7.60. The van der Waals surface area contributed by atoms with Crippen molar-refractivity contribution < 1.29 is 13.9 Å². The van der Waals surface area contributed by atoms with Gasteiger partial charge in [-0.25, -0.2) is 4.39 Å². The summed E-state index contributed by atoms with van der Waals surface area (Å²) < 4.78 is 18.2. The van der Waals surface area contributed by atoms with Crippen LogP contribution in [0.1, 0.15) is 23.7 Å². The molecule has 0 aromatic heterocycles. The molecule has 0 unspecified atom stereocenters. The largest absolute Gasteiger partial charge is 0.494 e. The fraction of sp³-hybridized carbons (Fsp3) is 0.417. The molecule has 0 saturated heterocycles. The second-order valence-corrected chi connectivity index (χ2v) is 3.58. The third-order valence-electron chi connectivity index (χ3n) is 2.30. The van der Waals surface area contributed by atoms with E-state index in [0.717, 1.165) is 6.42 Å². The van der Waals surface area contributed by atoms with Gasteiger partial charge in [-0.05, 0) is 24.6 Å². The summed E-state index contributed by atoms with van der Waals surface area (Å²) in [7, 11) is 3.09. The molecule has 0 atom stereocenters. The van der Waals surface area contributed by atoms with Gasteiger partial charge in [0, 0.05) is 19.2 Å². The lowest BCUT2D eigenvalue weighted by atomic mass is 10.2. The molecule has 1 aromatic carbocycles. The van der Waals surface area contributed by atoms with Crippen LogP contribution in [0.2, 0.25) is 0 Å². The molecule has 3 nitrogen and oxygen atoms in total. The maximum Gasteiger partial charge on any atom is 0.253 e. The van der Waals surface area contributed by atoms with Gasteiger partial charge in [0.1, 0.15) is 0 Å². The fourth-order valence-corrected chi connectivity index (χ4v) is 1.46. The molecule has 0 radical (unpaired) electrons. The van der Waals surface area contributed by atoms with Crippen LogP contribution in [0.3, 0.4) is 0 Å². The van der Waals surface area contributed by atoms with E-state index in [0.29, 0.717) is 12.1 Å². The van der Waals surface area contributed by atoms with Gasteiger partial charge in [-0.15, -0.1) is 0 Å². The zero-order valence-corrected chi connectivity index (χ0v) is 9.79. The molecule has 16 heavy (non-hydrogen) atoms. The van der Waals surface area contributed by atoms with Crippen LogP contribution in [0.25, 0.3) is 0 Å². The summed E-state index contributed by atoms with van der Waals surface area (Å²) in [6.45, 7) is 2.64. The van der Waals surface area contributed by atoms with Crippen LogP contribution in [-0.4, -0.2) is 31.5 Å². The number of carbonyl (C=O) groups excluding carboxylic acids is 1. The lowest BCUT2D eigenvalue weighted by Gasteiger charge is -2.16. The normalized spacial score (nSPS) is 10.0. The topological polar surface area (TPSA) is 29.5 Å². The van der Waals surface area contributed by atoms with Gasteiger partial charge in [-0.2, -0.15) is 0 Å². The fourth-order valence-electron chi connectivity index (χ4n) is 1.46. The summed E-state index contributed by atoms with van der Waals surface area (Å²) in [5, 5.41) is 0. The molecule has 0 bridgehead atoms. The van der Waals surface area contributed by atoms with Crippen LogP contribution in [0.15, 0.2) is 18.2 Å². The molecule has 1 aromatic rings. The van der Waals surface area contributed by atoms with Crippen molar-refractivity contribution in [2.75, 3.05) is 20.7 Å². The third-order valence-corrected chi connectivity index (χ3v) is 2.30. The Hall–Kier alpha value is -1.58. The highest BCUT2D eigenvalue weighted by molar-refractivity contribution is 5.94. The van der Waals surface area contributed by atoms with Gasteiger partial charge in [0.05, 0.1) is 7.11 Å². The van der Waals surface area contributed by atoms with Crippen molar-refractivity contribution in [3.05, 3.63) is 29.6 Å². The summed E-state index contributed by atoms with van der Waals surface area (Å²) in [6.07, 6.45) is 0.876. The number of ether oxygens (including phenoxy) is 1. The molecule has 0 spiro atoms. The zero-order valence-electron chi connectivity index (χ0n) is 9.79. The van der Waals surface area contributed by atoms with E-state index in [1.807, 2.05) is 6.92 Å². The van der Waals surface area contributed by atoms with Gasteiger partial charge in [-0.1, -0.05) is 6.92 Å². The summed E-state index contributed by atoms with van der Waals surface area (Å²) in [6, 6.07) is 4.23. The first-order valence-corrected chi connectivity index (χ1v) is 5.19. The predicted molar refractivity (Wildman–Crippen MR) is 60.2 cm³/mol. The zero-order chi connectivity index (χ0) is 12.1. The maximum absolute atomic E-state index is 13.4. The van der Waals surface area contributed by atoms with Crippen molar-refractivity contribution in [2.45, 2.75) is 13.3 Å². The van der Waals surface area contributed by atoms with Crippen molar-refractivity contribution in [1.29, 1.82) is 0 Å². The molecular formula is C12H16FNO2. The highest BCUT2D eigenvalue weighted by atomic mass is 19.1. The van der Waals surface area contributed by atoms with Crippen LogP contribution in [0, 0.1) is 5.82 Å². The Morgan fingerprint density at radius 3 is 2.69 bits per heavy atom. The van der Waals surface area contributed by atoms with Crippen LogP contribution in [0.5, 0.6) is 5.75 Å². The lowest BCUT2D eigenvalue weighted by Crippen LogP contribution is -2.27. The number of nitrogens with zero attached hydrogens (tertiary/aromatic N) is 1. The quantitative estimate of drug-likeness (QED) is 0.787. The molecule has 4 heteroatoms. The summed E-state index contributed by atoms with van der Waals surface area (Å²) >= 11 is 0. The highest BCUT2D eigenvalue weighted by Crippen LogP contribution is 2.18. The average molecular weight is 225 g/mol. The van der Waals surface area contributed by atoms with Gasteiger partial charge >= 0.3 is 0 Å². The molecule has 88 valence electrons. The van der Waals surface area contributed by atoms with E-state index in [1.54, 1.807) is 18.0 Å². The monoisotopic (exact) mass is 225 g/mol. The number of hydrogen-bond acceptors (Lipinski definition) is 2. The molecule has 0 N–H and O–H groups in total. The lowest BCUT2D eigenvalue weighted by molar-refractivity contribution is 0.0794. The second kappa shape index (κ2) is 5.49. The van der Waals surface area contributed by atoms with Gasteiger partial charge in [0.15, 0.2) is 11.6 Å². The van der Waals surface area contributed by atoms with Gasteiger partial charge in [-0.3, -0.25) is 4.79 Å². The van der Waals surface area contributed by atoms with Crippen molar-refractivity contribution in [2.24, 2.45) is 0 Å². The summed E-state index contributed by atoms with van der Waals surface area (Å²) in [5.41, 5.74) is 0.342. The molecule has 0 aliphatic carbocycles. The van der Waals surface area contributed by atoms with Crippen LogP contribution < -0.4 is 4.74 Å². The van der Waals surface area contributed by atoms with Crippen LogP contribution >= 0.6 is 0 Å². The molecule has 0 saturated carbocycles. The van der Waals surface area contributed by atoms with E-state index in [9.17, 15) is 9.18 Å². The van der Waals surface area contributed by atoms with E-state index < -0.39 is 5.82 Å². The number of carbonyl (C=O) groups is 1. The molecular weight excluding hydrogens is 209 g/mol. The van der Waals surface area contributed by atoms with Crippen molar-refractivity contribution in [1.82, 2.24) is 4.90 Å². The van der Waals surface area contributed by atoms with E-state index in [4.69, 9.17) is 4.74 Å². The SMILES string of the molecule is CCCN(C)C(=O)c1ccc(OC)c(F)c1. The minimum absolute atomic E-state index is 0.148. The van der Waals surface area contributed by atoms with Crippen molar-refractivity contribution >= 4 is 5.91 Å². The highest BCUT2D eigenvalue weighted by Gasteiger charge is 2.13. The van der Waals surface area contributed by atoms with Gasteiger partial charge < -0.3 is 9.64 Å². The first kappa shape index (κ1) is 12.5. The Morgan fingerprint density at radius 1 is 1.50 bits per heavy atom. The molecule has 0 aliphatic rings. The van der Waals surface area contributed by atoms with Crippen LogP contribution in [-0.2, 0) is 0 Å². The number of rotatable bonds is 4. The Morgan fingerprint density at radius 2 is 2.19 bits per heavy atom. The predicted octanol–water partition coefficient (Wildman–Crippen LogP) is 2.32. The van der Waals surface area contributed by atoms with E-state index >= 15 is 0 Å². The number of methoxy groups -OCH3 is 1. The second-order valence-electron chi connectivity index (χ2n) is 3.58. The van der Waals surface area contributed by atoms with Gasteiger partial charge in [0.25, 0.3) is 5.91 Å². The average Bonchev–Trinajstić information content (AvgIpc) is 2.28. The van der Waals surface area contributed by atoms with E-state index in [2.05, 4.69) is 0 Å². The summed E-state index contributed by atoms with van der Waals surface area (Å²) in [5.74, 6) is -0.545. The minimum atomic E-state index is -0.516. The van der Waals surface area contributed by atoms with Crippen molar-refractivity contribution in [3.63, 3.8) is 0 Å². The van der Waals surface area contributed by atoms with E-state index in [1.165, 1.54) is 19.2 Å². The smallest absolute Gasteiger partial charge is 0.253 e. The molecule has 0 heterocycles. The standard InChI is InChI=1S/C12H16FNO2/c1-4-7-14(2)12(15)9-5-6-11(16-3)10(13)8-9/h5-6,8H,4,7H2,1-3H3. The van der Waals surface area contributed by atoms with Crippen molar-refractivity contribution in [3.8, 4) is 5.75 Å². The number of halogens is 1. The van der Waals surface area contributed by atoms with Crippen LogP contribution in [0.4, 0.5) is 4.39 Å². The summed E-state index contributed by atoms with van der Waals surface area (Å²) in [4.78, 5) is 13.4. The Labute approximate surface area is 94.8 Å². The third kappa shape index (κ3) is 2.72. The Bertz CT molecular complexity index is 379. The molecule has 1 rings (SSSR count). The Balaban J connectivity index is 2.88. The number of benzene rings is 1. The molecule has 1 amide bonds. The Kier molecular flexibility index (Phi) is 4.28. The molecule has 0 fully saturated rings. The number of amides is 1. The van der Waals surface area contributed by atoms with E-state index in [-0.39, 0.29) is 11.7 Å².